The number of nitrogens with zero attached hydrogens (tertiary/aromatic N) is 3. The van der Waals surface area contributed by atoms with E-state index in [2.05, 4.69) is 20.8 Å². The summed E-state index contributed by atoms with van der Waals surface area (Å²) in [5.41, 5.74) is 4.26. The third-order valence-corrected chi connectivity index (χ3v) is 3.92. The Morgan fingerprint density at radius 3 is 2.78 bits per heavy atom. The van der Waals surface area contributed by atoms with Crippen molar-refractivity contribution in [1.29, 1.82) is 0 Å². The molecule has 0 fully saturated rings. The summed E-state index contributed by atoms with van der Waals surface area (Å²) >= 11 is 0. The lowest BCUT2D eigenvalue weighted by Crippen LogP contribution is -2.26. The summed E-state index contributed by atoms with van der Waals surface area (Å²) in [5.74, 6) is 2.37. The highest BCUT2D eigenvalue weighted by atomic mass is 15.2. The molecule has 2 aromatic heterocycles. The standard InChI is InChI=1S/C17H18N6/c1-11-9-15(23-22-11)20-17-13-7-8-18-10-14(13)19-16(21-17)12-5-3-2-4-6-12/h2-6,9,18H,7-8,10H2,1H3,(H2,19,20,21,22,23). The average Bonchev–Trinajstić information content (AvgIpc) is 3.00. The molecule has 6 heteroatoms. The number of anilines is 2. The van der Waals surface area contributed by atoms with Gasteiger partial charge in [0.15, 0.2) is 11.6 Å². The van der Waals surface area contributed by atoms with E-state index in [-0.39, 0.29) is 0 Å². The smallest absolute Gasteiger partial charge is 0.161 e. The van der Waals surface area contributed by atoms with Gasteiger partial charge in [0.1, 0.15) is 5.82 Å². The molecule has 0 atom stereocenters. The minimum absolute atomic E-state index is 0.739. The summed E-state index contributed by atoms with van der Waals surface area (Å²) in [6, 6.07) is 12.0. The van der Waals surface area contributed by atoms with Crippen molar-refractivity contribution in [1.82, 2.24) is 25.5 Å². The second-order valence-electron chi connectivity index (χ2n) is 5.68. The summed E-state index contributed by atoms with van der Waals surface area (Å²) in [7, 11) is 0. The molecule has 1 aliphatic rings. The minimum atomic E-state index is 0.739. The van der Waals surface area contributed by atoms with Crippen LogP contribution in [0.3, 0.4) is 0 Å². The molecule has 0 aliphatic carbocycles. The second kappa shape index (κ2) is 5.81. The van der Waals surface area contributed by atoms with Gasteiger partial charge < -0.3 is 10.6 Å². The molecule has 0 bridgehead atoms. The Morgan fingerprint density at radius 2 is 2.00 bits per heavy atom. The van der Waals surface area contributed by atoms with Crippen LogP contribution in [0.5, 0.6) is 0 Å². The van der Waals surface area contributed by atoms with Crippen LogP contribution in [0.1, 0.15) is 17.0 Å². The predicted molar refractivity (Wildman–Crippen MR) is 89.5 cm³/mol. The number of nitrogens with one attached hydrogen (secondary N) is 3. The van der Waals surface area contributed by atoms with Gasteiger partial charge >= 0.3 is 0 Å². The molecule has 3 aromatic rings. The maximum absolute atomic E-state index is 4.76. The second-order valence-corrected chi connectivity index (χ2v) is 5.68. The Hall–Kier alpha value is -2.73. The van der Waals surface area contributed by atoms with E-state index in [1.807, 2.05) is 43.3 Å². The number of fused-ring (bicyclic) bond motifs is 1. The monoisotopic (exact) mass is 306 g/mol. The van der Waals surface area contributed by atoms with Crippen LogP contribution in [0.15, 0.2) is 36.4 Å². The van der Waals surface area contributed by atoms with Crippen LogP contribution >= 0.6 is 0 Å². The first-order valence-corrected chi connectivity index (χ1v) is 7.74. The fraction of sp³-hybridized carbons (Fsp3) is 0.235. The molecule has 1 aromatic carbocycles. The highest BCUT2D eigenvalue weighted by Gasteiger charge is 2.18. The van der Waals surface area contributed by atoms with Gasteiger partial charge in [-0.1, -0.05) is 30.3 Å². The fourth-order valence-corrected chi connectivity index (χ4v) is 2.78. The quantitative estimate of drug-likeness (QED) is 0.693. The van der Waals surface area contributed by atoms with Crippen molar-refractivity contribution in [2.24, 2.45) is 0 Å². The minimum Gasteiger partial charge on any atom is -0.323 e. The first-order chi connectivity index (χ1) is 11.3. The third kappa shape index (κ3) is 2.80. The lowest BCUT2D eigenvalue weighted by atomic mass is 10.1. The van der Waals surface area contributed by atoms with Crippen LogP contribution in [0.2, 0.25) is 0 Å². The van der Waals surface area contributed by atoms with E-state index in [0.29, 0.717) is 0 Å². The highest BCUT2D eigenvalue weighted by molar-refractivity contribution is 5.63. The van der Waals surface area contributed by atoms with Crippen LogP contribution in [0.4, 0.5) is 11.6 Å². The zero-order valence-corrected chi connectivity index (χ0v) is 12.9. The van der Waals surface area contributed by atoms with E-state index >= 15 is 0 Å². The first-order valence-electron chi connectivity index (χ1n) is 7.74. The molecule has 6 nitrogen and oxygen atoms in total. The predicted octanol–water partition coefficient (Wildman–Crippen LogP) is 2.56. The number of benzene rings is 1. The van der Waals surface area contributed by atoms with Gasteiger partial charge in [0.05, 0.1) is 5.69 Å². The summed E-state index contributed by atoms with van der Waals surface area (Å²) in [5, 5.41) is 13.9. The molecule has 0 radical (unpaired) electrons. The van der Waals surface area contributed by atoms with Crippen molar-refractivity contribution in [3.05, 3.63) is 53.3 Å². The molecular weight excluding hydrogens is 288 g/mol. The molecule has 1 aliphatic heterocycles. The Balaban J connectivity index is 1.79. The van der Waals surface area contributed by atoms with Crippen LogP contribution in [-0.2, 0) is 13.0 Å². The Morgan fingerprint density at radius 1 is 1.13 bits per heavy atom. The lowest BCUT2D eigenvalue weighted by molar-refractivity contribution is 0.625. The van der Waals surface area contributed by atoms with E-state index in [9.17, 15) is 0 Å². The van der Waals surface area contributed by atoms with Crippen LogP contribution in [-0.4, -0.2) is 26.7 Å². The number of aromatic nitrogens is 4. The van der Waals surface area contributed by atoms with Crippen molar-refractivity contribution in [2.75, 3.05) is 11.9 Å². The van der Waals surface area contributed by atoms with Crippen LogP contribution < -0.4 is 10.6 Å². The van der Waals surface area contributed by atoms with Crippen molar-refractivity contribution >= 4 is 11.6 Å². The number of hydrogen-bond donors (Lipinski definition) is 3. The normalized spacial score (nSPS) is 13.6. The van der Waals surface area contributed by atoms with Gasteiger partial charge in [-0.05, 0) is 19.9 Å². The average molecular weight is 306 g/mol. The number of hydrogen-bond acceptors (Lipinski definition) is 5. The lowest BCUT2D eigenvalue weighted by Gasteiger charge is -2.20. The summed E-state index contributed by atoms with van der Waals surface area (Å²) in [6.45, 7) is 3.69. The molecule has 0 unspecified atom stereocenters. The topological polar surface area (TPSA) is 78.5 Å². The van der Waals surface area contributed by atoms with Gasteiger partial charge in [-0.2, -0.15) is 5.10 Å². The Kier molecular flexibility index (Phi) is 3.51. The van der Waals surface area contributed by atoms with Gasteiger partial charge in [0.25, 0.3) is 0 Å². The van der Waals surface area contributed by atoms with E-state index < -0.39 is 0 Å². The first kappa shape index (κ1) is 13.9. The SMILES string of the molecule is Cc1cc(Nc2nc(-c3ccccc3)nc3c2CCNC3)n[nH]1. The molecule has 0 saturated heterocycles. The van der Waals surface area contributed by atoms with Crippen molar-refractivity contribution in [3.8, 4) is 11.4 Å². The van der Waals surface area contributed by atoms with Gasteiger partial charge in [0.2, 0.25) is 0 Å². The summed E-state index contributed by atoms with van der Waals surface area (Å²) in [6.07, 6.45) is 0.913. The van der Waals surface area contributed by atoms with Gasteiger partial charge in [-0.3, -0.25) is 5.10 Å². The fourth-order valence-electron chi connectivity index (χ4n) is 2.78. The molecule has 4 rings (SSSR count). The molecule has 3 N–H and O–H groups in total. The zero-order valence-electron chi connectivity index (χ0n) is 12.9. The maximum atomic E-state index is 4.76. The molecule has 0 saturated carbocycles. The summed E-state index contributed by atoms with van der Waals surface area (Å²) < 4.78 is 0. The van der Waals surface area contributed by atoms with Crippen molar-refractivity contribution in [3.63, 3.8) is 0 Å². The van der Waals surface area contributed by atoms with E-state index in [1.165, 1.54) is 5.56 Å². The molecule has 116 valence electrons. The number of H-pyrrole nitrogens is 1. The van der Waals surface area contributed by atoms with Gasteiger partial charge in [0, 0.05) is 29.4 Å². The highest BCUT2D eigenvalue weighted by Crippen LogP contribution is 2.26. The Labute approximate surface area is 134 Å². The zero-order chi connectivity index (χ0) is 15.6. The van der Waals surface area contributed by atoms with Crippen LogP contribution in [0.25, 0.3) is 11.4 Å². The summed E-state index contributed by atoms with van der Waals surface area (Å²) in [4.78, 5) is 9.51. The molecule has 0 spiro atoms. The number of aryl methyl sites for hydroxylation is 1. The Bertz CT molecular complexity index is 824. The number of rotatable bonds is 3. The molecular formula is C17H18N6. The largest absolute Gasteiger partial charge is 0.323 e. The molecule has 3 heterocycles. The third-order valence-electron chi connectivity index (χ3n) is 3.92. The molecule has 0 amide bonds. The van der Waals surface area contributed by atoms with E-state index in [0.717, 1.165) is 53.9 Å². The van der Waals surface area contributed by atoms with Crippen LogP contribution in [0, 0.1) is 6.92 Å². The van der Waals surface area contributed by atoms with Crippen molar-refractivity contribution in [2.45, 2.75) is 19.9 Å². The van der Waals surface area contributed by atoms with Gasteiger partial charge in [-0.25, -0.2) is 9.97 Å². The van der Waals surface area contributed by atoms with E-state index in [1.54, 1.807) is 0 Å². The molecule has 23 heavy (non-hydrogen) atoms. The van der Waals surface area contributed by atoms with Gasteiger partial charge in [-0.15, -0.1) is 0 Å². The maximum Gasteiger partial charge on any atom is 0.161 e. The van der Waals surface area contributed by atoms with Crippen molar-refractivity contribution < 1.29 is 0 Å². The number of aromatic amines is 1. The van der Waals surface area contributed by atoms with E-state index in [4.69, 9.17) is 9.97 Å².